The van der Waals surface area contributed by atoms with E-state index in [9.17, 15) is 17.6 Å². The molecule has 1 aromatic rings. The molecule has 2 N–H and O–H groups in total. The van der Waals surface area contributed by atoms with Crippen LogP contribution in [0.25, 0.3) is 0 Å². The number of carbonyl (C=O) groups is 1. The van der Waals surface area contributed by atoms with Gasteiger partial charge < -0.3 is 15.4 Å². The highest BCUT2D eigenvalue weighted by atomic mass is 32.2. The molecule has 1 fully saturated rings. The average Bonchev–Trinajstić information content (AvgIpc) is 2.55. The summed E-state index contributed by atoms with van der Waals surface area (Å²) in [5.74, 6) is -0.873. The third-order valence-electron chi connectivity index (χ3n) is 4.40. The molecule has 8 heteroatoms. The molecule has 0 atom stereocenters. The Kier molecular flexibility index (Phi) is 5.95. The van der Waals surface area contributed by atoms with Crippen LogP contribution in [-0.2, 0) is 32.5 Å². The Morgan fingerprint density at radius 1 is 1.38 bits per heavy atom. The molecule has 134 valence electrons. The summed E-state index contributed by atoms with van der Waals surface area (Å²) in [5.41, 5.74) is 1.08. The van der Waals surface area contributed by atoms with Crippen LogP contribution >= 0.6 is 0 Å². The number of halogens is 1. The van der Waals surface area contributed by atoms with Gasteiger partial charge in [0.15, 0.2) is 14.6 Å². The molecule has 0 radical (unpaired) electrons. The second kappa shape index (κ2) is 7.58. The third-order valence-corrected chi connectivity index (χ3v) is 6.41. The Balaban J connectivity index is 2.13. The zero-order valence-electron chi connectivity index (χ0n) is 13.9. The monoisotopic (exact) mass is 358 g/mol. The molecular weight excluding hydrogens is 335 g/mol. The Hall–Kier alpha value is -1.51. The van der Waals surface area contributed by atoms with Crippen LogP contribution in [0.15, 0.2) is 18.2 Å². The van der Waals surface area contributed by atoms with E-state index in [0.717, 1.165) is 6.26 Å². The van der Waals surface area contributed by atoms with Crippen molar-refractivity contribution < 1.29 is 22.3 Å². The Labute approximate surface area is 141 Å². The smallest absolute Gasteiger partial charge is 0.241 e. The standard InChI is InChI=1S/C16H23FN2O4S/c1-23-11-13-9-12(3-4-14(13)17)10-19-15(20)16(24(2,21)22)5-7-18-8-6-16/h3-4,9,18H,5-8,10-11H2,1-2H3,(H,19,20). The highest BCUT2D eigenvalue weighted by Crippen LogP contribution is 2.28. The van der Waals surface area contributed by atoms with E-state index < -0.39 is 20.5 Å². The second-order valence-corrected chi connectivity index (χ2v) is 8.38. The minimum absolute atomic E-state index is 0.132. The van der Waals surface area contributed by atoms with E-state index in [0.29, 0.717) is 24.2 Å². The third kappa shape index (κ3) is 3.93. The molecule has 24 heavy (non-hydrogen) atoms. The average molecular weight is 358 g/mol. The fourth-order valence-corrected chi connectivity index (χ4v) is 4.30. The number of rotatable bonds is 6. The van der Waals surface area contributed by atoms with Crippen molar-refractivity contribution in [3.63, 3.8) is 0 Å². The van der Waals surface area contributed by atoms with Crippen molar-refractivity contribution in [2.24, 2.45) is 0 Å². The van der Waals surface area contributed by atoms with Gasteiger partial charge in [-0.1, -0.05) is 6.07 Å². The highest BCUT2D eigenvalue weighted by molar-refractivity contribution is 7.92. The normalized spacial score (nSPS) is 17.5. The van der Waals surface area contributed by atoms with Crippen molar-refractivity contribution in [3.8, 4) is 0 Å². The van der Waals surface area contributed by atoms with Gasteiger partial charge in [0, 0.05) is 25.5 Å². The van der Waals surface area contributed by atoms with Crippen LogP contribution in [0.4, 0.5) is 4.39 Å². The Morgan fingerprint density at radius 3 is 2.62 bits per heavy atom. The fourth-order valence-electron chi connectivity index (χ4n) is 2.94. The van der Waals surface area contributed by atoms with Crippen molar-refractivity contribution in [2.75, 3.05) is 26.5 Å². The van der Waals surface area contributed by atoms with Crippen LogP contribution in [0.1, 0.15) is 24.0 Å². The van der Waals surface area contributed by atoms with E-state index in [1.807, 2.05) is 0 Å². The van der Waals surface area contributed by atoms with E-state index in [1.165, 1.54) is 13.2 Å². The summed E-state index contributed by atoms with van der Waals surface area (Å²) in [6.45, 7) is 1.23. The van der Waals surface area contributed by atoms with Crippen LogP contribution in [0.2, 0.25) is 0 Å². The molecule has 1 aromatic carbocycles. The molecule has 1 amide bonds. The van der Waals surface area contributed by atoms with E-state index in [4.69, 9.17) is 4.74 Å². The summed E-state index contributed by atoms with van der Waals surface area (Å²) >= 11 is 0. The topological polar surface area (TPSA) is 84.5 Å². The van der Waals surface area contributed by atoms with E-state index >= 15 is 0 Å². The molecule has 2 rings (SSSR count). The van der Waals surface area contributed by atoms with Crippen molar-refractivity contribution in [2.45, 2.75) is 30.7 Å². The summed E-state index contributed by atoms with van der Waals surface area (Å²) in [6, 6.07) is 4.48. The van der Waals surface area contributed by atoms with Crippen molar-refractivity contribution in [1.82, 2.24) is 10.6 Å². The van der Waals surface area contributed by atoms with E-state index in [1.54, 1.807) is 12.1 Å². The lowest BCUT2D eigenvalue weighted by Crippen LogP contribution is -2.57. The molecular formula is C16H23FN2O4S. The molecule has 1 heterocycles. The number of piperidine rings is 1. The van der Waals surface area contributed by atoms with E-state index in [-0.39, 0.29) is 31.8 Å². The molecule has 1 aliphatic rings. The van der Waals surface area contributed by atoms with Crippen molar-refractivity contribution in [3.05, 3.63) is 35.1 Å². The van der Waals surface area contributed by atoms with Crippen LogP contribution in [0.5, 0.6) is 0 Å². The highest BCUT2D eigenvalue weighted by Gasteiger charge is 2.48. The van der Waals surface area contributed by atoms with Crippen LogP contribution in [0, 0.1) is 5.82 Å². The van der Waals surface area contributed by atoms with Gasteiger partial charge in [-0.2, -0.15) is 0 Å². The van der Waals surface area contributed by atoms with Crippen molar-refractivity contribution >= 4 is 15.7 Å². The minimum Gasteiger partial charge on any atom is -0.380 e. The number of hydrogen-bond donors (Lipinski definition) is 2. The molecule has 0 aromatic heterocycles. The van der Waals surface area contributed by atoms with Crippen LogP contribution in [-0.4, -0.2) is 45.5 Å². The van der Waals surface area contributed by atoms with Crippen molar-refractivity contribution in [1.29, 1.82) is 0 Å². The predicted molar refractivity (Wildman–Crippen MR) is 88.6 cm³/mol. The molecule has 0 aliphatic carbocycles. The zero-order valence-corrected chi connectivity index (χ0v) is 14.7. The maximum Gasteiger partial charge on any atom is 0.241 e. The first-order valence-corrected chi connectivity index (χ1v) is 9.64. The van der Waals surface area contributed by atoms with Gasteiger partial charge in [0.05, 0.1) is 6.61 Å². The SMILES string of the molecule is COCc1cc(CNC(=O)C2(S(C)(=O)=O)CCNCC2)ccc1F. The lowest BCUT2D eigenvalue weighted by atomic mass is 9.95. The van der Waals surface area contributed by atoms with Gasteiger partial charge in [-0.15, -0.1) is 0 Å². The number of hydrogen-bond acceptors (Lipinski definition) is 5. The Morgan fingerprint density at radius 2 is 2.04 bits per heavy atom. The first-order chi connectivity index (χ1) is 11.3. The first-order valence-electron chi connectivity index (χ1n) is 7.75. The number of ether oxygens (including phenoxy) is 1. The maximum absolute atomic E-state index is 13.6. The van der Waals surface area contributed by atoms with Gasteiger partial charge >= 0.3 is 0 Å². The minimum atomic E-state index is -3.55. The Bertz CT molecular complexity index is 700. The summed E-state index contributed by atoms with van der Waals surface area (Å²) < 4.78 is 41.5. The number of amides is 1. The number of methoxy groups -OCH3 is 1. The second-order valence-electron chi connectivity index (χ2n) is 6.06. The van der Waals surface area contributed by atoms with Gasteiger partial charge in [0.25, 0.3) is 0 Å². The van der Waals surface area contributed by atoms with Crippen LogP contribution in [0.3, 0.4) is 0 Å². The summed E-state index contributed by atoms with van der Waals surface area (Å²) in [7, 11) is -2.07. The maximum atomic E-state index is 13.6. The lowest BCUT2D eigenvalue weighted by Gasteiger charge is -2.34. The van der Waals surface area contributed by atoms with Gasteiger partial charge in [-0.3, -0.25) is 4.79 Å². The summed E-state index contributed by atoms with van der Waals surface area (Å²) in [4.78, 5) is 12.6. The predicted octanol–water partition coefficient (Wildman–Crippen LogP) is 0.755. The fraction of sp³-hybridized carbons (Fsp3) is 0.562. The van der Waals surface area contributed by atoms with Gasteiger partial charge in [0.2, 0.25) is 5.91 Å². The number of nitrogens with one attached hydrogen (secondary N) is 2. The molecule has 0 saturated carbocycles. The number of carbonyl (C=O) groups excluding carboxylic acids is 1. The zero-order chi connectivity index (χ0) is 17.8. The molecule has 1 saturated heterocycles. The first kappa shape index (κ1) is 18.8. The molecule has 0 unspecified atom stereocenters. The number of benzene rings is 1. The largest absolute Gasteiger partial charge is 0.380 e. The van der Waals surface area contributed by atoms with Gasteiger partial charge in [-0.25, -0.2) is 12.8 Å². The summed E-state index contributed by atoms with van der Waals surface area (Å²) in [5, 5.41) is 5.76. The molecule has 1 aliphatic heterocycles. The quantitative estimate of drug-likeness (QED) is 0.784. The van der Waals surface area contributed by atoms with Gasteiger partial charge in [0.1, 0.15) is 5.82 Å². The molecule has 0 spiro atoms. The lowest BCUT2D eigenvalue weighted by molar-refractivity contribution is -0.124. The summed E-state index contributed by atoms with van der Waals surface area (Å²) in [6.07, 6.45) is 1.60. The van der Waals surface area contributed by atoms with Gasteiger partial charge in [-0.05, 0) is 43.6 Å². The molecule has 6 nitrogen and oxygen atoms in total. The van der Waals surface area contributed by atoms with E-state index in [2.05, 4.69) is 10.6 Å². The van der Waals surface area contributed by atoms with Crippen LogP contribution < -0.4 is 10.6 Å². The molecule has 0 bridgehead atoms. The number of sulfone groups is 1.